The van der Waals surface area contributed by atoms with Crippen LogP contribution in [0.5, 0.6) is 5.75 Å². The first-order valence-electron chi connectivity index (χ1n) is 14.5. The van der Waals surface area contributed by atoms with Crippen LogP contribution in [0.4, 0.5) is 10.1 Å². The predicted molar refractivity (Wildman–Crippen MR) is 165 cm³/mol. The second-order valence-corrected chi connectivity index (χ2v) is 14.0. The monoisotopic (exact) mass is 668 g/mol. The van der Waals surface area contributed by atoms with Crippen LogP contribution in [0.15, 0.2) is 77.7 Å². The fourth-order valence-electron chi connectivity index (χ4n) is 7.53. The molecule has 6 atom stereocenters. The summed E-state index contributed by atoms with van der Waals surface area (Å²) in [5.41, 5.74) is 1.19. The van der Waals surface area contributed by atoms with E-state index < -0.39 is 51.1 Å². The number of para-hydroxylation sites is 1. The number of hydrogen-bond acceptors (Lipinski definition) is 7. The lowest BCUT2D eigenvalue weighted by Gasteiger charge is -2.51. The van der Waals surface area contributed by atoms with E-state index in [-0.39, 0.29) is 50.1 Å². The maximum absolute atomic E-state index is 14.5. The highest BCUT2D eigenvalue weighted by Gasteiger charge is 2.76. The van der Waals surface area contributed by atoms with Crippen molar-refractivity contribution >= 4 is 63.9 Å². The van der Waals surface area contributed by atoms with Gasteiger partial charge < -0.3 is 9.84 Å². The van der Waals surface area contributed by atoms with Gasteiger partial charge in [0.1, 0.15) is 18.2 Å². The molecule has 3 fully saturated rings. The van der Waals surface area contributed by atoms with E-state index in [1.807, 2.05) is 23.6 Å². The van der Waals surface area contributed by atoms with Crippen molar-refractivity contribution in [2.24, 2.45) is 17.8 Å². The number of likely N-dealkylation sites (tertiary alicyclic amines) is 1. The zero-order valence-electron chi connectivity index (χ0n) is 23.7. The van der Waals surface area contributed by atoms with E-state index in [1.54, 1.807) is 24.3 Å². The molecule has 2 aliphatic heterocycles. The van der Waals surface area contributed by atoms with Gasteiger partial charge in [-0.05, 0) is 60.5 Å². The number of carbonyl (C=O) groups is 4. The number of thiophene rings is 1. The van der Waals surface area contributed by atoms with Crippen molar-refractivity contribution < 1.29 is 33.4 Å². The number of allylic oxidation sites excluding steroid dienone is 2. The molecule has 4 amide bonds. The topological polar surface area (TPSA) is 104 Å². The van der Waals surface area contributed by atoms with E-state index in [2.05, 4.69) is 0 Å². The number of amides is 4. The minimum Gasteiger partial charge on any atom is -0.491 e. The molecule has 3 aromatic rings. The molecule has 3 heterocycles. The first kappa shape index (κ1) is 30.1. The molecular formula is C33H27Cl2FN2O6S. The van der Waals surface area contributed by atoms with E-state index >= 15 is 0 Å². The number of hydrogen-bond donors (Lipinski definition) is 1. The Morgan fingerprint density at radius 1 is 0.956 bits per heavy atom. The van der Waals surface area contributed by atoms with Crippen molar-refractivity contribution in [3.05, 3.63) is 94.0 Å². The van der Waals surface area contributed by atoms with Gasteiger partial charge in [0.15, 0.2) is 9.75 Å². The maximum atomic E-state index is 14.5. The fourth-order valence-corrected chi connectivity index (χ4v) is 9.15. The van der Waals surface area contributed by atoms with Gasteiger partial charge in [0, 0.05) is 16.4 Å². The average molecular weight is 670 g/mol. The third-order valence-corrected chi connectivity index (χ3v) is 11.7. The van der Waals surface area contributed by atoms with Gasteiger partial charge in [0.2, 0.25) is 11.8 Å². The number of benzene rings is 2. The highest BCUT2D eigenvalue weighted by atomic mass is 35.5. The van der Waals surface area contributed by atoms with Crippen LogP contribution >= 0.6 is 34.5 Å². The van der Waals surface area contributed by atoms with Crippen molar-refractivity contribution in [2.75, 3.05) is 18.1 Å². The van der Waals surface area contributed by atoms with E-state index in [1.165, 1.54) is 28.4 Å². The number of nitrogens with zero attached hydrogens (tertiary/aromatic N) is 2. The van der Waals surface area contributed by atoms with Crippen LogP contribution in [0.1, 0.15) is 29.2 Å². The summed E-state index contributed by atoms with van der Waals surface area (Å²) >= 11 is 16.3. The molecule has 2 aromatic carbocycles. The van der Waals surface area contributed by atoms with E-state index in [0.29, 0.717) is 16.9 Å². The van der Waals surface area contributed by atoms with Crippen LogP contribution in [0.25, 0.3) is 0 Å². The number of aliphatic hydroxyl groups excluding tert-OH is 1. The Balaban J connectivity index is 1.39. The number of ether oxygens (including phenoxy) is 1. The third kappa shape index (κ3) is 4.33. The summed E-state index contributed by atoms with van der Waals surface area (Å²) in [6, 6.07) is 15.4. The van der Waals surface area contributed by atoms with Crippen molar-refractivity contribution in [2.45, 2.75) is 35.1 Å². The van der Waals surface area contributed by atoms with Crippen LogP contribution in [0, 0.1) is 23.6 Å². The van der Waals surface area contributed by atoms with Crippen LogP contribution in [-0.4, -0.2) is 56.6 Å². The van der Waals surface area contributed by atoms with Crippen molar-refractivity contribution in [1.82, 2.24) is 4.90 Å². The molecule has 2 aliphatic carbocycles. The Morgan fingerprint density at radius 2 is 1.71 bits per heavy atom. The van der Waals surface area contributed by atoms with Crippen molar-refractivity contribution in [1.29, 1.82) is 0 Å². The summed E-state index contributed by atoms with van der Waals surface area (Å²) in [5.74, 6) is -5.65. The molecule has 1 saturated carbocycles. The lowest BCUT2D eigenvalue weighted by molar-refractivity contribution is -0.141. The molecule has 0 bridgehead atoms. The Bertz CT molecular complexity index is 1750. The van der Waals surface area contributed by atoms with Gasteiger partial charge in [0.25, 0.3) is 11.8 Å². The van der Waals surface area contributed by atoms with Gasteiger partial charge in [-0.3, -0.25) is 24.1 Å². The summed E-state index contributed by atoms with van der Waals surface area (Å²) in [4.78, 5) is 55.5. The zero-order chi connectivity index (χ0) is 31.7. The number of rotatable bonds is 7. The first-order chi connectivity index (χ1) is 21.6. The summed E-state index contributed by atoms with van der Waals surface area (Å²) in [5, 5.41) is 11.4. The van der Waals surface area contributed by atoms with Crippen molar-refractivity contribution in [3.63, 3.8) is 0 Å². The van der Waals surface area contributed by atoms with Crippen LogP contribution in [-0.2, 0) is 25.7 Å². The predicted octanol–water partition coefficient (Wildman–Crippen LogP) is 5.02. The van der Waals surface area contributed by atoms with Gasteiger partial charge in [0.05, 0.1) is 30.7 Å². The molecule has 7 rings (SSSR count). The molecule has 232 valence electrons. The number of alkyl halides is 2. The number of anilines is 1. The molecule has 0 spiro atoms. The van der Waals surface area contributed by atoms with Crippen LogP contribution in [0.3, 0.4) is 0 Å². The third-order valence-electron chi connectivity index (χ3n) is 9.46. The van der Waals surface area contributed by atoms with Gasteiger partial charge >= 0.3 is 0 Å². The average Bonchev–Trinajstić information content (AvgIpc) is 3.68. The second kappa shape index (κ2) is 11.0. The lowest BCUT2D eigenvalue weighted by Crippen LogP contribution is -2.60. The van der Waals surface area contributed by atoms with Crippen LogP contribution < -0.4 is 9.64 Å². The van der Waals surface area contributed by atoms with E-state index in [9.17, 15) is 28.7 Å². The first-order valence-corrected chi connectivity index (χ1v) is 16.2. The Morgan fingerprint density at radius 3 is 2.42 bits per heavy atom. The minimum absolute atomic E-state index is 0.0442. The molecule has 4 aliphatic rings. The number of fused-ring (bicyclic) bond motifs is 4. The number of halogens is 3. The number of imide groups is 2. The van der Waals surface area contributed by atoms with Gasteiger partial charge in [-0.2, -0.15) is 0 Å². The molecule has 2 saturated heterocycles. The summed E-state index contributed by atoms with van der Waals surface area (Å²) in [7, 11) is 0. The van der Waals surface area contributed by atoms with E-state index in [4.69, 9.17) is 27.9 Å². The summed E-state index contributed by atoms with van der Waals surface area (Å²) in [6.45, 7) is -0.170. The van der Waals surface area contributed by atoms with Gasteiger partial charge in [-0.1, -0.05) is 35.9 Å². The standard InChI is InChI=1S/C33H27Cl2FN2O6S/c34-32-16-24-21(11-12-23-26(24)29(41)37(28(23)40)17-20-4-3-15-45-20)27(22-5-1-2-6-25(22)44-14-13-39)33(32,35)31(43)38(30(32)42)19-9-7-18(36)8-10-19/h1-11,15,23-24,26-27,39H,12-14,16-17H2. The maximum Gasteiger partial charge on any atom is 0.258 e. The number of aliphatic hydroxyl groups is 1. The van der Waals surface area contributed by atoms with Crippen LogP contribution in [0.2, 0.25) is 0 Å². The molecule has 6 unspecified atom stereocenters. The molecule has 1 aromatic heterocycles. The highest BCUT2D eigenvalue weighted by molar-refractivity contribution is 7.09. The zero-order valence-corrected chi connectivity index (χ0v) is 26.0. The molecular weight excluding hydrogens is 642 g/mol. The Hall–Kier alpha value is -3.57. The van der Waals surface area contributed by atoms with Crippen molar-refractivity contribution in [3.8, 4) is 5.75 Å². The van der Waals surface area contributed by atoms with E-state index in [0.717, 1.165) is 21.9 Å². The largest absolute Gasteiger partial charge is 0.491 e. The molecule has 1 N–H and O–H groups in total. The lowest BCUT2D eigenvalue weighted by atomic mass is 9.56. The summed E-state index contributed by atoms with van der Waals surface area (Å²) < 4.78 is 19.7. The Kier molecular flexibility index (Phi) is 7.39. The molecule has 45 heavy (non-hydrogen) atoms. The smallest absolute Gasteiger partial charge is 0.258 e. The van der Waals surface area contributed by atoms with Gasteiger partial charge in [-0.15, -0.1) is 34.5 Å². The fraction of sp³-hybridized carbons (Fsp3) is 0.333. The quantitative estimate of drug-likeness (QED) is 0.215. The number of carbonyl (C=O) groups excluding carboxylic acids is 4. The highest BCUT2D eigenvalue weighted by Crippen LogP contribution is 2.66. The Labute approximate surface area is 272 Å². The normalized spacial score (nSPS) is 30.7. The van der Waals surface area contributed by atoms with Gasteiger partial charge in [-0.25, -0.2) is 9.29 Å². The molecule has 8 nitrogen and oxygen atoms in total. The SMILES string of the molecule is O=C1C2CC=C3C(CC4(Cl)C(=O)N(c5ccc(F)cc5)C(=O)C4(Cl)C3c3ccccc3OCCO)C2C(=O)N1Cc1cccs1. The second-order valence-electron chi connectivity index (χ2n) is 11.7. The summed E-state index contributed by atoms with van der Waals surface area (Å²) in [6.07, 6.45) is 1.93. The minimum atomic E-state index is -2.07. The molecule has 0 radical (unpaired) electrons. The molecule has 12 heteroatoms.